The lowest BCUT2D eigenvalue weighted by molar-refractivity contribution is -0.133. The predicted octanol–water partition coefficient (Wildman–Crippen LogP) is 2.91. The van der Waals surface area contributed by atoms with Crippen LogP contribution in [0.15, 0.2) is 0 Å². The molecule has 0 radical (unpaired) electrons. The second-order valence-corrected chi connectivity index (χ2v) is 9.13. The van der Waals surface area contributed by atoms with Gasteiger partial charge in [-0.2, -0.15) is 0 Å². The fraction of sp³-hybridized carbons (Fsp3) is 0.842. The van der Waals surface area contributed by atoms with Crippen molar-refractivity contribution in [2.24, 2.45) is 5.92 Å². The molecule has 8 heteroatoms. The molecule has 0 aromatic carbocycles. The average Bonchev–Trinajstić information content (AvgIpc) is 2.38. The first-order valence-electron chi connectivity index (χ1n) is 9.26. The summed E-state index contributed by atoms with van der Waals surface area (Å²) in [6.45, 7) is 16.4. The minimum Gasteiger partial charge on any atom is -0.444 e. The molecule has 0 aromatic heterocycles. The van der Waals surface area contributed by atoms with Gasteiger partial charge in [0, 0.05) is 19.6 Å². The predicted molar refractivity (Wildman–Crippen MR) is 104 cm³/mol. The Balaban J connectivity index is 4.80. The van der Waals surface area contributed by atoms with Crippen LogP contribution in [-0.2, 0) is 14.3 Å². The van der Waals surface area contributed by atoms with E-state index in [9.17, 15) is 14.4 Å². The van der Waals surface area contributed by atoms with Gasteiger partial charge in [0.05, 0.1) is 0 Å². The number of rotatable bonds is 6. The van der Waals surface area contributed by atoms with E-state index in [1.54, 1.807) is 55.5 Å². The molecule has 27 heavy (non-hydrogen) atoms. The monoisotopic (exact) mass is 387 g/mol. The van der Waals surface area contributed by atoms with Crippen LogP contribution < -0.4 is 10.6 Å². The average molecular weight is 388 g/mol. The van der Waals surface area contributed by atoms with E-state index in [2.05, 4.69) is 10.6 Å². The van der Waals surface area contributed by atoms with Crippen molar-refractivity contribution in [1.82, 2.24) is 15.5 Å². The lowest BCUT2D eigenvalue weighted by atomic mass is 10.0. The highest BCUT2D eigenvalue weighted by molar-refractivity contribution is 5.86. The number of amides is 3. The highest BCUT2D eigenvalue weighted by atomic mass is 16.6. The van der Waals surface area contributed by atoms with Gasteiger partial charge in [-0.15, -0.1) is 0 Å². The maximum Gasteiger partial charge on any atom is 0.408 e. The van der Waals surface area contributed by atoms with Crippen LogP contribution in [0, 0.1) is 5.92 Å². The third kappa shape index (κ3) is 11.4. The van der Waals surface area contributed by atoms with Crippen molar-refractivity contribution in [2.45, 2.75) is 85.6 Å². The summed E-state index contributed by atoms with van der Waals surface area (Å²) in [5, 5.41) is 5.33. The van der Waals surface area contributed by atoms with Crippen LogP contribution in [0.4, 0.5) is 9.59 Å². The second kappa shape index (κ2) is 9.80. The Morgan fingerprint density at radius 1 is 0.852 bits per heavy atom. The molecular formula is C19H37N3O5. The van der Waals surface area contributed by atoms with Crippen molar-refractivity contribution >= 4 is 18.1 Å². The van der Waals surface area contributed by atoms with Crippen LogP contribution in [0.25, 0.3) is 0 Å². The molecule has 0 saturated heterocycles. The summed E-state index contributed by atoms with van der Waals surface area (Å²) >= 11 is 0. The molecule has 0 aliphatic carbocycles. The highest BCUT2D eigenvalue weighted by Crippen LogP contribution is 2.11. The molecule has 158 valence electrons. The quantitative estimate of drug-likeness (QED) is 0.730. The molecule has 2 N–H and O–H groups in total. The van der Waals surface area contributed by atoms with E-state index < -0.39 is 29.4 Å². The van der Waals surface area contributed by atoms with Gasteiger partial charge < -0.3 is 25.0 Å². The smallest absolute Gasteiger partial charge is 0.408 e. The lowest BCUT2D eigenvalue weighted by Crippen LogP contribution is -2.53. The number of hydrogen-bond donors (Lipinski definition) is 2. The molecule has 0 fully saturated rings. The number of nitrogens with zero attached hydrogens (tertiary/aromatic N) is 1. The summed E-state index contributed by atoms with van der Waals surface area (Å²) in [6.07, 6.45) is -1.17. The summed E-state index contributed by atoms with van der Waals surface area (Å²) in [5.41, 5.74) is -1.24. The Morgan fingerprint density at radius 3 is 1.63 bits per heavy atom. The molecule has 3 amide bonds. The van der Waals surface area contributed by atoms with Crippen LogP contribution in [0.5, 0.6) is 0 Å². The fourth-order valence-corrected chi connectivity index (χ4v) is 2.24. The third-order valence-electron chi connectivity index (χ3n) is 3.29. The van der Waals surface area contributed by atoms with E-state index in [0.717, 1.165) is 0 Å². The number of carbonyl (C=O) groups is 3. The topological polar surface area (TPSA) is 97.0 Å². The molecule has 8 nitrogen and oxygen atoms in total. The van der Waals surface area contributed by atoms with E-state index in [4.69, 9.17) is 9.47 Å². The molecule has 0 aliphatic heterocycles. The second-order valence-electron chi connectivity index (χ2n) is 9.13. The number of carbonyl (C=O) groups excluding carboxylic acids is 3. The first-order chi connectivity index (χ1) is 12.0. The van der Waals surface area contributed by atoms with Crippen molar-refractivity contribution in [1.29, 1.82) is 0 Å². The van der Waals surface area contributed by atoms with E-state index >= 15 is 0 Å². The molecule has 0 bridgehead atoms. The largest absolute Gasteiger partial charge is 0.444 e. The van der Waals surface area contributed by atoms with Crippen LogP contribution in [0.3, 0.4) is 0 Å². The maximum atomic E-state index is 12.7. The summed E-state index contributed by atoms with van der Waals surface area (Å²) in [4.78, 5) is 38.1. The number of hydrogen-bond acceptors (Lipinski definition) is 5. The van der Waals surface area contributed by atoms with Gasteiger partial charge in [-0.1, -0.05) is 13.8 Å². The molecular weight excluding hydrogens is 350 g/mol. The Morgan fingerprint density at radius 2 is 1.26 bits per heavy atom. The summed E-state index contributed by atoms with van der Waals surface area (Å²) in [6, 6.07) is -1.04. The minimum atomic E-state index is -0.724. The SMILES string of the molecule is CC(CN(C)C(=O)C(NC(=O)OC(C)(C)C)C(C)C)NC(=O)OC(C)(C)C. The summed E-state index contributed by atoms with van der Waals surface area (Å²) in [7, 11) is 1.63. The minimum absolute atomic E-state index is 0.124. The molecule has 2 unspecified atom stereocenters. The first kappa shape index (κ1) is 25.0. The van der Waals surface area contributed by atoms with Gasteiger partial charge in [-0.25, -0.2) is 9.59 Å². The van der Waals surface area contributed by atoms with Crippen LogP contribution in [0.1, 0.15) is 62.3 Å². The highest BCUT2D eigenvalue weighted by Gasteiger charge is 2.30. The molecule has 0 aromatic rings. The molecule has 0 aliphatic rings. The van der Waals surface area contributed by atoms with Gasteiger partial charge in [0.15, 0.2) is 0 Å². The molecule has 0 rings (SSSR count). The van der Waals surface area contributed by atoms with Crippen LogP contribution in [-0.4, -0.2) is 59.9 Å². The van der Waals surface area contributed by atoms with E-state index in [1.165, 1.54) is 4.90 Å². The number of likely N-dealkylation sites (N-methyl/N-ethyl adjacent to an activating group) is 1. The Kier molecular flexibility index (Phi) is 9.08. The Hall–Kier alpha value is -1.99. The lowest BCUT2D eigenvalue weighted by Gasteiger charge is -2.30. The van der Waals surface area contributed by atoms with E-state index in [1.807, 2.05) is 13.8 Å². The standard InChI is InChI=1S/C19H37N3O5/c1-12(2)14(21-17(25)27-19(7,8)9)15(23)22(10)11-13(3)20-16(24)26-18(4,5)6/h12-14H,11H2,1-10H3,(H,20,24)(H,21,25). The number of ether oxygens (including phenoxy) is 2. The van der Waals surface area contributed by atoms with Crippen molar-refractivity contribution in [2.75, 3.05) is 13.6 Å². The van der Waals surface area contributed by atoms with Crippen LogP contribution >= 0.6 is 0 Å². The normalized spacial score (nSPS) is 14.2. The summed E-state index contributed by atoms with van der Waals surface area (Å²) in [5.74, 6) is -0.379. The van der Waals surface area contributed by atoms with Gasteiger partial charge in [-0.3, -0.25) is 4.79 Å². The zero-order chi connectivity index (χ0) is 21.6. The number of alkyl carbamates (subject to hydrolysis) is 2. The van der Waals surface area contributed by atoms with Gasteiger partial charge in [0.2, 0.25) is 5.91 Å². The first-order valence-corrected chi connectivity index (χ1v) is 9.26. The summed E-state index contributed by atoms with van der Waals surface area (Å²) < 4.78 is 10.4. The molecule has 0 spiro atoms. The number of nitrogens with one attached hydrogen (secondary N) is 2. The van der Waals surface area contributed by atoms with Crippen molar-refractivity contribution in [3.05, 3.63) is 0 Å². The zero-order valence-electron chi connectivity index (χ0n) is 18.4. The Bertz CT molecular complexity index is 520. The van der Waals surface area contributed by atoms with Crippen LogP contribution in [0.2, 0.25) is 0 Å². The van der Waals surface area contributed by atoms with Crippen molar-refractivity contribution < 1.29 is 23.9 Å². The third-order valence-corrected chi connectivity index (χ3v) is 3.29. The maximum absolute atomic E-state index is 12.7. The molecule has 0 heterocycles. The van der Waals surface area contributed by atoms with Gasteiger partial charge >= 0.3 is 12.2 Å². The van der Waals surface area contributed by atoms with Gasteiger partial charge in [-0.05, 0) is 54.4 Å². The van der Waals surface area contributed by atoms with E-state index in [-0.39, 0.29) is 24.4 Å². The van der Waals surface area contributed by atoms with E-state index in [0.29, 0.717) is 0 Å². The fourth-order valence-electron chi connectivity index (χ4n) is 2.24. The van der Waals surface area contributed by atoms with Crippen molar-refractivity contribution in [3.8, 4) is 0 Å². The van der Waals surface area contributed by atoms with Crippen molar-refractivity contribution in [3.63, 3.8) is 0 Å². The van der Waals surface area contributed by atoms with Gasteiger partial charge in [0.1, 0.15) is 17.2 Å². The zero-order valence-corrected chi connectivity index (χ0v) is 18.4. The Labute approximate surface area is 163 Å². The molecule has 0 saturated carbocycles. The molecule has 2 atom stereocenters. The van der Waals surface area contributed by atoms with Gasteiger partial charge in [0.25, 0.3) is 0 Å².